The van der Waals surface area contributed by atoms with Gasteiger partial charge in [-0.2, -0.15) is 5.26 Å². The molecule has 1 atom stereocenters. The summed E-state index contributed by atoms with van der Waals surface area (Å²) in [5, 5.41) is 20.2. The first-order chi connectivity index (χ1) is 7.13. The Morgan fingerprint density at radius 1 is 1.67 bits per heavy atom. The van der Waals surface area contributed by atoms with Gasteiger partial charge in [-0.25, -0.2) is 0 Å². The summed E-state index contributed by atoms with van der Waals surface area (Å²) in [4.78, 5) is 11.6. The van der Waals surface area contributed by atoms with E-state index >= 15 is 0 Å². The van der Waals surface area contributed by atoms with E-state index in [9.17, 15) is 4.79 Å². The number of phenolic OH excluding ortho intramolecular Hbond substituents is 1. The van der Waals surface area contributed by atoms with E-state index in [1.807, 2.05) is 6.07 Å². The van der Waals surface area contributed by atoms with Crippen LogP contribution in [0.4, 0.5) is 0 Å². The first-order valence-electron chi connectivity index (χ1n) is 4.60. The lowest BCUT2D eigenvalue weighted by Gasteiger charge is -2.10. The predicted octanol–water partition coefficient (Wildman–Crippen LogP) is 1.42. The van der Waals surface area contributed by atoms with Gasteiger partial charge in [0.1, 0.15) is 5.75 Å². The lowest BCUT2D eigenvalue weighted by molar-refractivity contribution is 0.0940. The molecular weight excluding hydrogens is 192 g/mol. The van der Waals surface area contributed by atoms with Gasteiger partial charge < -0.3 is 10.4 Å². The molecule has 1 rings (SSSR count). The average Bonchev–Trinajstić information content (AvgIpc) is 2.18. The molecule has 0 saturated heterocycles. The molecule has 4 heteroatoms. The average molecular weight is 204 g/mol. The molecule has 0 saturated carbocycles. The molecule has 0 radical (unpaired) electrons. The minimum Gasteiger partial charge on any atom is -0.508 e. The molecule has 1 aromatic carbocycles. The number of hydrogen-bond donors (Lipinski definition) is 2. The van der Waals surface area contributed by atoms with Gasteiger partial charge in [0, 0.05) is 11.6 Å². The number of aromatic hydroxyl groups is 1. The van der Waals surface area contributed by atoms with Gasteiger partial charge in [0.2, 0.25) is 0 Å². The van der Waals surface area contributed by atoms with Crippen molar-refractivity contribution < 1.29 is 9.90 Å². The second kappa shape index (κ2) is 5.01. The number of carbonyl (C=O) groups excluding carboxylic acids is 1. The quantitative estimate of drug-likeness (QED) is 0.782. The van der Waals surface area contributed by atoms with Gasteiger partial charge in [-0.1, -0.05) is 6.07 Å². The number of carbonyl (C=O) groups is 1. The van der Waals surface area contributed by atoms with Crippen LogP contribution in [0.15, 0.2) is 24.3 Å². The van der Waals surface area contributed by atoms with Crippen LogP contribution < -0.4 is 5.32 Å². The Morgan fingerprint density at radius 2 is 2.40 bits per heavy atom. The standard InChI is InChI=1S/C11H12N2O2/c1-8(5-6-12)13-11(15)9-3-2-4-10(14)7-9/h2-4,7-8,14H,5H2,1H3,(H,13,15). The number of nitrogens with zero attached hydrogens (tertiary/aromatic N) is 1. The summed E-state index contributed by atoms with van der Waals surface area (Å²) in [5.74, 6) is -0.232. The summed E-state index contributed by atoms with van der Waals surface area (Å²) in [6, 6.07) is 7.86. The van der Waals surface area contributed by atoms with Crippen LogP contribution in [0.5, 0.6) is 5.75 Å². The molecule has 0 aliphatic heterocycles. The monoisotopic (exact) mass is 204 g/mol. The number of hydrogen-bond acceptors (Lipinski definition) is 3. The SMILES string of the molecule is CC(CC#N)NC(=O)c1cccc(O)c1. The Kier molecular flexibility index (Phi) is 3.69. The lowest BCUT2D eigenvalue weighted by atomic mass is 10.2. The number of amides is 1. The van der Waals surface area contributed by atoms with Crippen molar-refractivity contribution in [3.8, 4) is 11.8 Å². The Hall–Kier alpha value is -2.02. The van der Waals surface area contributed by atoms with E-state index in [1.165, 1.54) is 12.1 Å². The molecule has 78 valence electrons. The summed E-state index contributed by atoms with van der Waals surface area (Å²) < 4.78 is 0. The summed E-state index contributed by atoms with van der Waals surface area (Å²) in [7, 11) is 0. The predicted molar refractivity (Wildman–Crippen MR) is 55.3 cm³/mol. The van der Waals surface area contributed by atoms with Crippen molar-refractivity contribution in [2.45, 2.75) is 19.4 Å². The lowest BCUT2D eigenvalue weighted by Crippen LogP contribution is -2.32. The topological polar surface area (TPSA) is 73.1 Å². The molecule has 0 fully saturated rings. The van der Waals surface area contributed by atoms with Crippen LogP contribution in [0.1, 0.15) is 23.7 Å². The van der Waals surface area contributed by atoms with Gasteiger partial charge in [-0.15, -0.1) is 0 Å². The van der Waals surface area contributed by atoms with E-state index in [-0.39, 0.29) is 24.1 Å². The Balaban J connectivity index is 2.66. The third-order valence-corrected chi connectivity index (χ3v) is 1.88. The summed E-state index contributed by atoms with van der Waals surface area (Å²) in [5.41, 5.74) is 0.389. The normalized spacial score (nSPS) is 11.5. The van der Waals surface area contributed by atoms with E-state index in [0.717, 1.165) is 0 Å². The van der Waals surface area contributed by atoms with Crippen molar-refractivity contribution in [2.75, 3.05) is 0 Å². The van der Waals surface area contributed by atoms with E-state index in [4.69, 9.17) is 10.4 Å². The van der Waals surface area contributed by atoms with E-state index in [2.05, 4.69) is 5.32 Å². The minimum absolute atomic E-state index is 0.0515. The zero-order chi connectivity index (χ0) is 11.3. The second-order valence-corrected chi connectivity index (χ2v) is 3.29. The zero-order valence-corrected chi connectivity index (χ0v) is 8.40. The first kappa shape index (κ1) is 11.1. The highest BCUT2D eigenvalue weighted by atomic mass is 16.3. The van der Waals surface area contributed by atoms with Crippen LogP contribution in [0.3, 0.4) is 0 Å². The summed E-state index contributed by atoms with van der Waals surface area (Å²) in [6.07, 6.45) is 0.268. The maximum Gasteiger partial charge on any atom is 0.251 e. The third kappa shape index (κ3) is 3.31. The number of nitrogens with one attached hydrogen (secondary N) is 1. The molecule has 1 unspecified atom stereocenters. The maximum absolute atomic E-state index is 11.6. The van der Waals surface area contributed by atoms with Gasteiger partial charge in [0.15, 0.2) is 0 Å². The van der Waals surface area contributed by atoms with Crippen molar-refractivity contribution in [1.82, 2.24) is 5.32 Å². The van der Waals surface area contributed by atoms with E-state index < -0.39 is 0 Å². The second-order valence-electron chi connectivity index (χ2n) is 3.29. The van der Waals surface area contributed by atoms with Crippen LogP contribution >= 0.6 is 0 Å². The number of nitriles is 1. The van der Waals surface area contributed by atoms with Crippen LogP contribution in [0, 0.1) is 11.3 Å². The fourth-order valence-electron chi connectivity index (χ4n) is 1.14. The van der Waals surface area contributed by atoms with Gasteiger partial charge in [0.25, 0.3) is 5.91 Å². The van der Waals surface area contributed by atoms with Crippen molar-refractivity contribution in [1.29, 1.82) is 5.26 Å². The number of rotatable bonds is 3. The van der Waals surface area contributed by atoms with Crippen LogP contribution in [-0.4, -0.2) is 17.1 Å². The fourth-order valence-corrected chi connectivity index (χ4v) is 1.14. The highest BCUT2D eigenvalue weighted by Gasteiger charge is 2.09. The number of phenols is 1. The molecule has 0 bridgehead atoms. The smallest absolute Gasteiger partial charge is 0.251 e. The fraction of sp³-hybridized carbons (Fsp3) is 0.273. The van der Waals surface area contributed by atoms with Crippen molar-refractivity contribution in [2.24, 2.45) is 0 Å². The summed E-state index contributed by atoms with van der Waals surface area (Å²) >= 11 is 0. The van der Waals surface area contributed by atoms with Crippen molar-refractivity contribution in [3.63, 3.8) is 0 Å². The highest BCUT2D eigenvalue weighted by Crippen LogP contribution is 2.10. The van der Waals surface area contributed by atoms with Crippen LogP contribution in [0.25, 0.3) is 0 Å². The third-order valence-electron chi connectivity index (χ3n) is 1.88. The van der Waals surface area contributed by atoms with Crippen molar-refractivity contribution >= 4 is 5.91 Å². The minimum atomic E-state index is -0.284. The molecule has 4 nitrogen and oxygen atoms in total. The van der Waals surface area contributed by atoms with Gasteiger partial charge in [-0.3, -0.25) is 4.79 Å². The molecule has 1 amide bonds. The Labute approximate surface area is 88.2 Å². The number of benzene rings is 1. The van der Waals surface area contributed by atoms with Crippen LogP contribution in [-0.2, 0) is 0 Å². The molecule has 0 spiro atoms. The molecule has 15 heavy (non-hydrogen) atoms. The highest BCUT2D eigenvalue weighted by molar-refractivity contribution is 5.94. The van der Waals surface area contributed by atoms with Gasteiger partial charge in [-0.05, 0) is 25.1 Å². The summed E-state index contributed by atoms with van der Waals surface area (Å²) in [6.45, 7) is 1.75. The molecule has 0 aromatic heterocycles. The first-order valence-corrected chi connectivity index (χ1v) is 4.60. The molecule has 0 aliphatic rings. The molecule has 1 aromatic rings. The maximum atomic E-state index is 11.6. The van der Waals surface area contributed by atoms with E-state index in [0.29, 0.717) is 5.56 Å². The molecule has 0 aliphatic carbocycles. The molecular formula is C11H12N2O2. The van der Waals surface area contributed by atoms with Crippen LogP contribution in [0.2, 0.25) is 0 Å². The largest absolute Gasteiger partial charge is 0.508 e. The molecule has 0 heterocycles. The Bertz CT molecular complexity index is 396. The van der Waals surface area contributed by atoms with Crippen molar-refractivity contribution in [3.05, 3.63) is 29.8 Å². The van der Waals surface area contributed by atoms with Gasteiger partial charge >= 0.3 is 0 Å². The van der Waals surface area contributed by atoms with E-state index in [1.54, 1.807) is 19.1 Å². The Morgan fingerprint density at radius 3 is 3.00 bits per heavy atom. The van der Waals surface area contributed by atoms with Gasteiger partial charge in [0.05, 0.1) is 12.5 Å². The molecule has 2 N–H and O–H groups in total. The zero-order valence-electron chi connectivity index (χ0n) is 8.40.